The molecule has 0 amide bonds. The number of carboxylic acids is 1. The second-order valence-electron chi connectivity index (χ2n) is 10.8. The van der Waals surface area contributed by atoms with Gasteiger partial charge in [-0.05, 0) is 66.4 Å². The number of carboxylic acid groups (broad SMARTS) is 1. The second kappa shape index (κ2) is 15.5. The van der Waals surface area contributed by atoms with Crippen LogP contribution in [0.1, 0.15) is 42.4 Å². The number of rotatable bonds is 14. The van der Waals surface area contributed by atoms with Crippen LogP contribution in [0.4, 0.5) is 5.69 Å². The van der Waals surface area contributed by atoms with Crippen LogP contribution in [0.15, 0.2) is 72.8 Å². The molecule has 43 heavy (non-hydrogen) atoms. The van der Waals surface area contributed by atoms with E-state index in [9.17, 15) is 13.2 Å². The summed E-state index contributed by atoms with van der Waals surface area (Å²) in [5, 5.41) is 9.14. The molecule has 3 aromatic rings. The molecule has 1 heterocycles. The zero-order valence-corrected chi connectivity index (χ0v) is 25.7. The number of anilines is 1. The highest BCUT2D eigenvalue weighted by molar-refractivity contribution is 7.90. The molecule has 1 fully saturated rings. The average Bonchev–Trinajstić information content (AvgIpc) is 2.99. The highest BCUT2D eigenvalue weighted by Gasteiger charge is 2.18. The first-order valence-corrected chi connectivity index (χ1v) is 16.6. The van der Waals surface area contributed by atoms with Gasteiger partial charge in [0.05, 0.1) is 24.7 Å². The Morgan fingerprint density at radius 2 is 1.49 bits per heavy atom. The number of aliphatic carboxylic acids is 1. The van der Waals surface area contributed by atoms with Crippen molar-refractivity contribution >= 4 is 21.5 Å². The summed E-state index contributed by atoms with van der Waals surface area (Å²) in [6, 6.07) is 24.0. The van der Waals surface area contributed by atoms with Gasteiger partial charge in [-0.1, -0.05) is 42.3 Å². The SMILES string of the molecule is CC#CC(CC(=O)O)c1ccc(OCc2ccc(CN3CCN(c4ccc(OCCCS(C)(=O)=O)cc4)CC3)cc2)cc1. The van der Waals surface area contributed by atoms with Crippen LogP contribution in [0, 0.1) is 11.8 Å². The zero-order chi connectivity index (χ0) is 30.7. The summed E-state index contributed by atoms with van der Waals surface area (Å²) >= 11 is 0. The molecule has 1 unspecified atom stereocenters. The Balaban J connectivity index is 1.18. The fourth-order valence-electron chi connectivity index (χ4n) is 4.99. The molecule has 0 aliphatic carbocycles. The summed E-state index contributed by atoms with van der Waals surface area (Å²) < 4.78 is 34.1. The normalized spacial score (nSPS) is 14.4. The van der Waals surface area contributed by atoms with Gasteiger partial charge < -0.3 is 19.5 Å². The van der Waals surface area contributed by atoms with E-state index in [0.29, 0.717) is 19.6 Å². The first kappa shape index (κ1) is 31.9. The first-order valence-electron chi connectivity index (χ1n) is 14.5. The van der Waals surface area contributed by atoms with Gasteiger partial charge in [0.25, 0.3) is 0 Å². The molecule has 3 aromatic carbocycles. The summed E-state index contributed by atoms with van der Waals surface area (Å²) in [5.74, 6) is 6.22. The van der Waals surface area contributed by atoms with Crippen LogP contribution in [0.5, 0.6) is 11.5 Å². The van der Waals surface area contributed by atoms with E-state index in [1.54, 1.807) is 6.92 Å². The Kier molecular flexibility index (Phi) is 11.5. The molecule has 0 bridgehead atoms. The van der Waals surface area contributed by atoms with Crippen molar-refractivity contribution in [3.63, 3.8) is 0 Å². The number of hydrogen-bond donors (Lipinski definition) is 1. The number of benzene rings is 3. The molecule has 0 radical (unpaired) electrons. The average molecular weight is 605 g/mol. The molecule has 1 aliphatic rings. The predicted octanol–water partition coefficient (Wildman–Crippen LogP) is 4.98. The molecule has 0 spiro atoms. The van der Waals surface area contributed by atoms with Crippen molar-refractivity contribution in [3.8, 4) is 23.3 Å². The van der Waals surface area contributed by atoms with Crippen LogP contribution >= 0.6 is 0 Å². The van der Waals surface area contributed by atoms with Crippen molar-refractivity contribution in [1.29, 1.82) is 0 Å². The second-order valence-corrected chi connectivity index (χ2v) is 13.1. The molecule has 1 saturated heterocycles. The lowest BCUT2D eigenvalue weighted by atomic mass is 9.96. The van der Waals surface area contributed by atoms with E-state index >= 15 is 0 Å². The number of sulfone groups is 1. The highest BCUT2D eigenvalue weighted by atomic mass is 32.2. The maximum atomic E-state index is 11.2. The van der Waals surface area contributed by atoms with E-state index in [1.807, 2.05) is 36.4 Å². The Labute approximate surface area is 255 Å². The summed E-state index contributed by atoms with van der Waals surface area (Å²) in [6.45, 7) is 7.30. The van der Waals surface area contributed by atoms with Gasteiger partial charge in [-0.15, -0.1) is 5.92 Å². The largest absolute Gasteiger partial charge is 0.494 e. The van der Waals surface area contributed by atoms with Crippen LogP contribution < -0.4 is 14.4 Å². The molecular formula is C34H40N2O6S. The minimum Gasteiger partial charge on any atom is -0.494 e. The van der Waals surface area contributed by atoms with Gasteiger partial charge in [0.15, 0.2) is 0 Å². The lowest BCUT2D eigenvalue weighted by Gasteiger charge is -2.36. The fraction of sp³-hybridized carbons (Fsp3) is 0.382. The molecule has 228 valence electrons. The van der Waals surface area contributed by atoms with Gasteiger partial charge in [-0.2, -0.15) is 0 Å². The third-order valence-corrected chi connectivity index (χ3v) is 8.35. The monoisotopic (exact) mass is 604 g/mol. The minimum atomic E-state index is -2.96. The van der Waals surface area contributed by atoms with Crippen molar-refractivity contribution in [1.82, 2.24) is 4.90 Å². The van der Waals surface area contributed by atoms with E-state index in [4.69, 9.17) is 14.6 Å². The molecule has 1 aliphatic heterocycles. The van der Waals surface area contributed by atoms with Gasteiger partial charge >= 0.3 is 5.97 Å². The first-order chi connectivity index (χ1) is 20.7. The molecule has 1 atom stereocenters. The lowest BCUT2D eigenvalue weighted by molar-refractivity contribution is -0.137. The maximum Gasteiger partial charge on any atom is 0.304 e. The quantitative estimate of drug-likeness (QED) is 0.203. The number of carbonyl (C=O) groups is 1. The van der Waals surface area contributed by atoms with Crippen molar-refractivity contribution in [2.45, 2.75) is 38.8 Å². The standard InChI is InChI=1S/C34H40N2O6S/c1-3-5-30(24-34(37)38)29-10-14-33(15-11-29)42-26-28-8-6-27(7-9-28)25-35-18-20-36(21-19-35)31-12-16-32(17-13-31)41-22-4-23-43(2,39)40/h6-17,30H,4,18-26H2,1-2H3,(H,37,38). The van der Waals surface area contributed by atoms with Crippen molar-refractivity contribution in [2.24, 2.45) is 0 Å². The Morgan fingerprint density at radius 1 is 0.884 bits per heavy atom. The van der Waals surface area contributed by atoms with Gasteiger partial charge in [-0.3, -0.25) is 9.69 Å². The van der Waals surface area contributed by atoms with Crippen LogP contribution in [0.25, 0.3) is 0 Å². The summed E-state index contributed by atoms with van der Waals surface area (Å²) in [6.07, 6.45) is 1.71. The van der Waals surface area contributed by atoms with Gasteiger partial charge in [0, 0.05) is 44.7 Å². The number of nitrogens with zero attached hydrogens (tertiary/aromatic N) is 2. The van der Waals surface area contributed by atoms with E-state index in [1.165, 1.54) is 11.8 Å². The van der Waals surface area contributed by atoms with E-state index in [2.05, 4.69) is 58.0 Å². The number of piperazine rings is 1. The third-order valence-electron chi connectivity index (χ3n) is 7.32. The summed E-state index contributed by atoms with van der Waals surface area (Å²) in [4.78, 5) is 16.0. The van der Waals surface area contributed by atoms with Crippen LogP contribution in [0.3, 0.4) is 0 Å². The van der Waals surface area contributed by atoms with E-state index < -0.39 is 15.8 Å². The molecule has 0 aromatic heterocycles. The predicted molar refractivity (Wildman–Crippen MR) is 169 cm³/mol. The zero-order valence-electron chi connectivity index (χ0n) is 24.9. The Hall–Kier alpha value is -4.00. The fourth-order valence-corrected chi connectivity index (χ4v) is 5.63. The molecule has 0 saturated carbocycles. The molecular weight excluding hydrogens is 564 g/mol. The Morgan fingerprint density at radius 3 is 2.09 bits per heavy atom. The summed E-state index contributed by atoms with van der Waals surface area (Å²) in [7, 11) is -2.96. The van der Waals surface area contributed by atoms with Gasteiger partial charge in [0.2, 0.25) is 0 Å². The van der Waals surface area contributed by atoms with Crippen molar-refractivity contribution < 1.29 is 27.8 Å². The van der Waals surface area contributed by atoms with Gasteiger partial charge in [0.1, 0.15) is 27.9 Å². The number of hydrogen-bond acceptors (Lipinski definition) is 7. The maximum absolute atomic E-state index is 11.2. The molecule has 8 nitrogen and oxygen atoms in total. The Bertz CT molecular complexity index is 1490. The topological polar surface area (TPSA) is 96.4 Å². The van der Waals surface area contributed by atoms with Crippen molar-refractivity contribution in [2.75, 3.05) is 49.7 Å². The molecule has 9 heteroatoms. The number of ether oxygens (including phenoxy) is 2. The highest BCUT2D eigenvalue weighted by Crippen LogP contribution is 2.24. The van der Waals surface area contributed by atoms with Crippen LogP contribution in [0.2, 0.25) is 0 Å². The smallest absolute Gasteiger partial charge is 0.304 e. The van der Waals surface area contributed by atoms with Gasteiger partial charge in [-0.25, -0.2) is 8.42 Å². The van der Waals surface area contributed by atoms with E-state index in [-0.39, 0.29) is 18.1 Å². The van der Waals surface area contributed by atoms with Crippen LogP contribution in [-0.2, 0) is 27.8 Å². The lowest BCUT2D eigenvalue weighted by Crippen LogP contribution is -2.45. The van der Waals surface area contributed by atoms with Crippen molar-refractivity contribution in [3.05, 3.63) is 89.5 Å². The minimum absolute atomic E-state index is 0.0222. The molecule has 4 rings (SSSR count). The molecule has 1 N–H and O–H groups in total. The van der Waals surface area contributed by atoms with Crippen LogP contribution in [-0.4, -0.2) is 69.2 Å². The third kappa shape index (κ3) is 10.7. The van der Waals surface area contributed by atoms with E-state index in [0.717, 1.165) is 61.0 Å². The summed E-state index contributed by atoms with van der Waals surface area (Å²) in [5.41, 5.74) is 4.39.